The van der Waals surface area contributed by atoms with Gasteiger partial charge in [-0.25, -0.2) is 0 Å². The molecule has 2 atom stereocenters. The summed E-state index contributed by atoms with van der Waals surface area (Å²) in [6.07, 6.45) is 1.99. The van der Waals surface area contributed by atoms with Gasteiger partial charge in [-0.3, -0.25) is 4.79 Å². The molecule has 0 aromatic rings. The Hall–Kier alpha value is -1.42. The Morgan fingerprint density at radius 2 is 2.38 bits per heavy atom. The van der Waals surface area contributed by atoms with E-state index in [1.807, 2.05) is 6.92 Å². The van der Waals surface area contributed by atoms with Crippen molar-refractivity contribution in [1.29, 1.82) is 0 Å². The number of rotatable bonds is 3. The van der Waals surface area contributed by atoms with Crippen molar-refractivity contribution in [3.05, 3.63) is 23.0 Å². The van der Waals surface area contributed by atoms with Crippen LogP contribution in [0.1, 0.15) is 13.3 Å². The van der Waals surface area contributed by atoms with E-state index in [9.17, 15) is 9.59 Å². The molecule has 0 N–H and O–H groups in total. The topological polar surface area (TPSA) is 52.6 Å². The van der Waals surface area contributed by atoms with Crippen LogP contribution in [0.25, 0.3) is 0 Å². The lowest BCUT2D eigenvalue weighted by Gasteiger charge is -2.27. The molecular formula is C12H14O4. The molecule has 1 aliphatic heterocycles. The average molecular weight is 222 g/mol. The number of hydrogen-bond donors (Lipinski definition) is 0. The number of carbonyl (C=O) groups excluding carboxylic acids is 2. The second kappa shape index (κ2) is 4.22. The summed E-state index contributed by atoms with van der Waals surface area (Å²) in [5.41, 5.74) is 2.90. The van der Waals surface area contributed by atoms with Crippen molar-refractivity contribution in [2.24, 2.45) is 5.92 Å². The van der Waals surface area contributed by atoms with Crippen LogP contribution < -0.4 is 0 Å². The maximum Gasteiger partial charge on any atom is 0.149 e. The maximum atomic E-state index is 11.9. The average Bonchev–Trinajstić information content (AvgIpc) is 2.72. The van der Waals surface area contributed by atoms with Crippen molar-refractivity contribution < 1.29 is 19.1 Å². The molecule has 0 bridgehead atoms. The molecule has 4 heteroatoms. The van der Waals surface area contributed by atoms with Gasteiger partial charge in [0.15, 0.2) is 0 Å². The summed E-state index contributed by atoms with van der Waals surface area (Å²) in [7, 11) is 1.45. The van der Waals surface area contributed by atoms with Crippen LogP contribution in [0.5, 0.6) is 0 Å². The van der Waals surface area contributed by atoms with Gasteiger partial charge in [0.2, 0.25) is 0 Å². The van der Waals surface area contributed by atoms with E-state index < -0.39 is 12.0 Å². The first-order chi connectivity index (χ1) is 7.69. The molecular weight excluding hydrogens is 208 g/mol. The first kappa shape index (κ1) is 11.1. The van der Waals surface area contributed by atoms with E-state index in [1.165, 1.54) is 7.11 Å². The summed E-state index contributed by atoms with van der Waals surface area (Å²) in [5, 5.41) is 0. The Kier molecular flexibility index (Phi) is 2.92. The van der Waals surface area contributed by atoms with E-state index in [0.29, 0.717) is 19.3 Å². The van der Waals surface area contributed by atoms with E-state index in [4.69, 9.17) is 9.47 Å². The largest absolute Gasteiger partial charge is 0.496 e. The third kappa shape index (κ3) is 1.59. The number of ether oxygens (including phenoxy) is 2. The van der Waals surface area contributed by atoms with Crippen LogP contribution in [0.4, 0.5) is 0 Å². The van der Waals surface area contributed by atoms with Gasteiger partial charge in [-0.15, -0.1) is 0 Å². The molecule has 0 amide bonds. The smallest absolute Gasteiger partial charge is 0.149 e. The highest BCUT2D eigenvalue weighted by atomic mass is 16.5. The molecule has 2 aliphatic rings. The van der Waals surface area contributed by atoms with E-state index in [2.05, 4.69) is 0 Å². The highest BCUT2D eigenvalue weighted by Gasteiger charge is 2.37. The molecule has 0 aromatic carbocycles. The zero-order valence-corrected chi connectivity index (χ0v) is 9.36. The van der Waals surface area contributed by atoms with Gasteiger partial charge in [0.05, 0.1) is 12.2 Å². The van der Waals surface area contributed by atoms with Gasteiger partial charge >= 0.3 is 0 Å². The monoisotopic (exact) mass is 222 g/mol. The molecule has 1 aliphatic carbocycles. The fourth-order valence-electron chi connectivity index (χ4n) is 2.33. The Balaban J connectivity index is 2.39. The minimum absolute atomic E-state index is 0.0250. The zero-order chi connectivity index (χ0) is 11.7. The Labute approximate surface area is 93.9 Å². The molecule has 16 heavy (non-hydrogen) atoms. The Bertz CT molecular complexity index is 392. The number of ketones is 1. The second-order valence-electron chi connectivity index (χ2n) is 4.07. The first-order valence-corrected chi connectivity index (χ1v) is 5.20. The van der Waals surface area contributed by atoms with Crippen LogP contribution in [0.3, 0.4) is 0 Å². The van der Waals surface area contributed by atoms with Crippen LogP contribution in [0.15, 0.2) is 23.0 Å². The van der Waals surface area contributed by atoms with Crippen molar-refractivity contribution in [1.82, 2.24) is 0 Å². The molecule has 1 unspecified atom stereocenters. The summed E-state index contributed by atoms with van der Waals surface area (Å²) in [4.78, 5) is 22.8. The van der Waals surface area contributed by atoms with Crippen LogP contribution in [0, 0.1) is 5.92 Å². The summed E-state index contributed by atoms with van der Waals surface area (Å²) in [5.74, 6) is -0.423. The number of methoxy groups -OCH3 is 1. The lowest BCUT2D eigenvalue weighted by molar-refractivity contribution is -0.131. The highest BCUT2D eigenvalue weighted by Crippen LogP contribution is 2.36. The molecule has 4 nitrogen and oxygen atoms in total. The van der Waals surface area contributed by atoms with Gasteiger partial charge in [-0.1, -0.05) is 5.57 Å². The normalized spacial score (nSPS) is 26.0. The van der Waals surface area contributed by atoms with Crippen molar-refractivity contribution >= 4 is 12.1 Å². The molecule has 0 saturated heterocycles. The molecule has 0 fully saturated rings. The fourth-order valence-corrected chi connectivity index (χ4v) is 2.33. The van der Waals surface area contributed by atoms with Gasteiger partial charge in [0.25, 0.3) is 0 Å². The summed E-state index contributed by atoms with van der Waals surface area (Å²) >= 11 is 0. The van der Waals surface area contributed by atoms with E-state index >= 15 is 0 Å². The molecule has 0 saturated carbocycles. The van der Waals surface area contributed by atoms with Crippen LogP contribution in [-0.2, 0) is 19.1 Å². The lowest BCUT2D eigenvalue weighted by atomic mass is 9.78. The van der Waals surface area contributed by atoms with Gasteiger partial charge in [-0.05, 0) is 12.5 Å². The minimum Gasteiger partial charge on any atom is -0.496 e. The molecule has 2 rings (SSSR count). The molecule has 0 aromatic heterocycles. The number of aldehydes is 1. The van der Waals surface area contributed by atoms with E-state index in [0.717, 1.165) is 16.7 Å². The summed E-state index contributed by atoms with van der Waals surface area (Å²) < 4.78 is 10.2. The van der Waals surface area contributed by atoms with Crippen LogP contribution in [-0.4, -0.2) is 31.9 Å². The number of carbonyl (C=O) groups is 2. The quantitative estimate of drug-likeness (QED) is 0.669. The van der Waals surface area contributed by atoms with E-state index in [1.54, 1.807) is 6.26 Å². The van der Waals surface area contributed by atoms with Crippen molar-refractivity contribution in [3.63, 3.8) is 0 Å². The summed E-state index contributed by atoms with van der Waals surface area (Å²) in [6, 6.07) is 0. The zero-order valence-electron chi connectivity index (χ0n) is 9.36. The van der Waals surface area contributed by atoms with Crippen LogP contribution >= 0.6 is 0 Å². The molecule has 0 radical (unpaired) electrons. The molecule has 0 spiro atoms. The fraction of sp³-hybridized carbons (Fsp3) is 0.500. The van der Waals surface area contributed by atoms with Crippen molar-refractivity contribution in [2.75, 3.05) is 13.7 Å². The number of fused-ring (bicyclic) bond motifs is 1. The second-order valence-corrected chi connectivity index (χ2v) is 4.07. The lowest BCUT2D eigenvalue weighted by Crippen LogP contribution is -2.35. The third-order valence-electron chi connectivity index (χ3n) is 3.23. The SMILES string of the molecule is CO[C@@H](C=O)C1C(=O)CC2=COCC2=C1C. The summed E-state index contributed by atoms with van der Waals surface area (Å²) in [6.45, 7) is 2.37. The third-order valence-corrected chi connectivity index (χ3v) is 3.23. The van der Waals surface area contributed by atoms with Gasteiger partial charge in [0, 0.05) is 19.1 Å². The van der Waals surface area contributed by atoms with Crippen molar-refractivity contribution in [2.45, 2.75) is 19.4 Å². The number of Topliss-reactive ketones (excluding diaryl/α,β-unsaturated/α-hetero) is 1. The first-order valence-electron chi connectivity index (χ1n) is 5.20. The molecule has 1 heterocycles. The standard InChI is InChI=1S/C12H14O4/c1-7-9-6-16-5-8(9)3-10(14)12(7)11(4-13)15-2/h4-5,11-12H,3,6H2,1-2H3/t11-,12?/m0/s1. The predicted octanol–water partition coefficient (Wildman–Crippen LogP) is 1.02. The van der Waals surface area contributed by atoms with Crippen LogP contribution in [0.2, 0.25) is 0 Å². The van der Waals surface area contributed by atoms with E-state index in [-0.39, 0.29) is 5.78 Å². The van der Waals surface area contributed by atoms with Gasteiger partial charge in [0.1, 0.15) is 24.8 Å². The number of hydrogen-bond acceptors (Lipinski definition) is 4. The predicted molar refractivity (Wildman–Crippen MR) is 56.7 cm³/mol. The molecule has 86 valence electrons. The Morgan fingerprint density at radius 3 is 3.00 bits per heavy atom. The Morgan fingerprint density at radius 1 is 1.62 bits per heavy atom. The van der Waals surface area contributed by atoms with Crippen molar-refractivity contribution in [3.8, 4) is 0 Å². The maximum absolute atomic E-state index is 11.9. The van der Waals surface area contributed by atoms with Gasteiger partial charge < -0.3 is 14.3 Å². The van der Waals surface area contributed by atoms with Gasteiger partial charge in [-0.2, -0.15) is 0 Å². The minimum atomic E-state index is -0.679. The highest BCUT2D eigenvalue weighted by molar-refractivity contribution is 5.92.